The normalized spacial score (nSPS) is 10.5. The average molecular weight is 199 g/mol. The van der Waals surface area contributed by atoms with Crippen molar-refractivity contribution >= 4 is 34.0 Å². The van der Waals surface area contributed by atoms with Crippen LogP contribution in [0.2, 0.25) is 10.0 Å². The van der Waals surface area contributed by atoms with E-state index in [4.69, 9.17) is 23.2 Å². The molecular weight excluding hydrogens is 195 g/mol. The fraction of sp³-hybridized carbons (Fsp3) is 0. The minimum Gasteiger partial charge on any atom is -0.158 e. The van der Waals surface area contributed by atoms with Gasteiger partial charge in [-0.3, -0.25) is 0 Å². The van der Waals surface area contributed by atoms with Crippen LogP contribution in [0.4, 0.5) is 0 Å². The maximum atomic E-state index is 5.81. The van der Waals surface area contributed by atoms with E-state index in [0.29, 0.717) is 10.0 Å². The molecule has 0 unspecified atom stereocenters. The zero-order chi connectivity index (χ0) is 8.55. The first-order valence-corrected chi connectivity index (χ1v) is 4.08. The maximum absolute atomic E-state index is 5.81. The predicted octanol–water partition coefficient (Wildman–Crippen LogP) is 2.94. The van der Waals surface area contributed by atoms with Crippen LogP contribution in [-0.2, 0) is 0 Å². The van der Waals surface area contributed by atoms with Crippen molar-refractivity contribution in [2.75, 3.05) is 0 Å². The lowest BCUT2D eigenvalue weighted by atomic mass is 10.2. The van der Waals surface area contributed by atoms with Crippen LogP contribution in [-0.4, -0.2) is 10.2 Å². The molecule has 0 amide bonds. The second kappa shape index (κ2) is 2.88. The fourth-order valence-corrected chi connectivity index (χ4v) is 1.34. The summed E-state index contributed by atoms with van der Waals surface area (Å²) in [6, 6.07) is 3.54. The van der Waals surface area contributed by atoms with E-state index in [2.05, 4.69) is 10.2 Å². The smallest absolute Gasteiger partial charge is 0.0599 e. The Balaban J connectivity index is 2.84. The highest BCUT2D eigenvalue weighted by atomic mass is 35.5. The molecule has 60 valence electrons. The standard InChI is InChI=1S/C8H4Cl2N2/c9-7-1-5-3-11-12-4-6(5)2-8(7)10/h1-4H. The van der Waals surface area contributed by atoms with Crippen LogP contribution in [0.5, 0.6) is 0 Å². The van der Waals surface area contributed by atoms with Gasteiger partial charge in [0.2, 0.25) is 0 Å². The SMILES string of the molecule is Clc1cc2cnncc2cc1Cl. The quantitative estimate of drug-likeness (QED) is 0.651. The summed E-state index contributed by atoms with van der Waals surface area (Å²) in [7, 11) is 0. The molecule has 0 radical (unpaired) electrons. The molecule has 0 aliphatic rings. The first-order chi connectivity index (χ1) is 5.77. The second-order valence-electron chi connectivity index (χ2n) is 2.38. The molecule has 0 aliphatic heterocycles. The van der Waals surface area contributed by atoms with E-state index >= 15 is 0 Å². The monoisotopic (exact) mass is 198 g/mol. The van der Waals surface area contributed by atoms with Crippen molar-refractivity contribution in [3.8, 4) is 0 Å². The van der Waals surface area contributed by atoms with Crippen LogP contribution in [0.1, 0.15) is 0 Å². The Kier molecular flexibility index (Phi) is 1.87. The van der Waals surface area contributed by atoms with E-state index in [9.17, 15) is 0 Å². The number of nitrogens with zero attached hydrogens (tertiary/aromatic N) is 2. The van der Waals surface area contributed by atoms with Gasteiger partial charge >= 0.3 is 0 Å². The van der Waals surface area contributed by atoms with Crippen LogP contribution in [0.3, 0.4) is 0 Å². The van der Waals surface area contributed by atoms with E-state index in [1.165, 1.54) is 0 Å². The van der Waals surface area contributed by atoms with Crippen molar-refractivity contribution in [2.24, 2.45) is 0 Å². The lowest BCUT2D eigenvalue weighted by Crippen LogP contribution is -1.80. The van der Waals surface area contributed by atoms with E-state index in [-0.39, 0.29) is 0 Å². The Morgan fingerprint density at radius 1 is 0.833 bits per heavy atom. The van der Waals surface area contributed by atoms with Gasteiger partial charge in [-0.25, -0.2) is 0 Å². The van der Waals surface area contributed by atoms with Gasteiger partial charge in [-0.1, -0.05) is 23.2 Å². The zero-order valence-corrected chi connectivity index (χ0v) is 7.47. The van der Waals surface area contributed by atoms with Gasteiger partial charge in [0.15, 0.2) is 0 Å². The van der Waals surface area contributed by atoms with Crippen molar-refractivity contribution < 1.29 is 0 Å². The van der Waals surface area contributed by atoms with Crippen LogP contribution in [0.25, 0.3) is 10.8 Å². The molecule has 0 N–H and O–H groups in total. The van der Waals surface area contributed by atoms with Crippen molar-refractivity contribution in [1.82, 2.24) is 10.2 Å². The summed E-state index contributed by atoms with van der Waals surface area (Å²) in [4.78, 5) is 0. The van der Waals surface area contributed by atoms with E-state index < -0.39 is 0 Å². The number of rotatable bonds is 0. The molecule has 1 aromatic heterocycles. The van der Waals surface area contributed by atoms with Gasteiger partial charge in [0.1, 0.15) is 0 Å². The zero-order valence-electron chi connectivity index (χ0n) is 5.96. The topological polar surface area (TPSA) is 25.8 Å². The highest BCUT2D eigenvalue weighted by molar-refractivity contribution is 6.42. The molecule has 0 aliphatic carbocycles. The Morgan fingerprint density at radius 3 is 1.67 bits per heavy atom. The van der Waals surface area contributed by atoms with Gasteiger partial charge in [-0.05, 0) is 12.1 Å². The Bertz CT molecular complexity index is 388. The predicted molar refractivity (Wildman–Crippen MR) is 49.6 cm³/mol. The lowest BCUT2D eigenvalue weighted by Gasteiger charge is -1.98. The molecule has 0 fully saturated rings. The van der Waals surface area contributed by atoms with Crippen molar-refractivity contribution in [3.05, 3.63) is 34.6 Å². The van der Waals surface area contributed by atoms with Gasteiger partial charge in [-0.15, -0.1) is 0 Å². The van der Waals surface area contributed by atoms with Crippen molar-refractivity contribution in [2.45, 2.75) is 0 Å². The Morgan fingerprint density at radius 2 is 1.25 bits per heavy atom. The number of aromatic nitrogens is 2. The Labute approximate surface area is 79.1 Å². The molecule has 2 aromatic rings. The van der Waals surface area contributed by atoms with E-state index in [1.807, 2.05) is 0 Å². The molecule has 0 saturated heterocycles. The third kappa shape index (κ3) is 1.24. The summed E-state index contributed by atoms with van der Waals surface area (Å²) in [6.45, 7) is 0. The first-order valence-electron chi connectivity index (χ1n) is 3.33. The van der Waals surface area contributed by atoms with Crippen molar-refractivity contribution in [1.29, 1.82) is 0 Å². The summed E-state index contributed by atoms with van der Waals surface area (Å²) in [5.41, 5.74) is 0. The van der Waals surface area contributed by atoms with Crippen molar-refractivity contribution in [3.63, 3.8) is 0 Å². The molecule has 0 spiro atoms. The molecule has 2 rings (SSSR count). The summed E-state index contributed by atoms with van der Waals surface area (Å²) in [5, 5.41) is 10.4. The fourth-order valence-electron chi connectivity index (χ4n) is 0.992. The van der Waals surface area contributed by atoms with Crippen LogP contribution in [0.15, 0.2) is 24.5 Å². The summed E-state index contributed by atoms with van der Waals surface area (Å²) >= 11 is 11.6. The third-order valence-corrected chi connectivity index (χ3v) is 2.31. The number of halogens is 2. The molecule has 0 bridgehead atoms. The highest BCUT2D eigenvalue weighted by Crippen LogP contribution is 2.26. The van der Waals surface area contributed by atoms with Gasteiger partial charge in [0, 0.05) is 10.8 Å². The number of hydrogen-bond acceptors (Lipinski definition) is 2. The van der Waals surface area contributed by atoms with Gasteiger partial charge < -0.3 is 0 Å². The molecule has 4 heteroatoms. The molecule has 0 saturated carbocycles. The number of fused-ring (bicyclic) bond motifs is 1. The summed E-state index contributed by atoms with van der Waals surface area (Å²) < 4.78 is 0. The Hall–Kier alpha value is -0.860. The molecule has 2 nitrogen and oxygen atoms in total. The van der Waals surface area contributed by atoms with Crippen LogP contribution >= 0.6 is 23.2 Å². The number of benzene rings is 1. The highest BCUT2D eigenvalue weighted by Gasteiger charge is 1.99. The largest absolute Gasteiger partial charge is 0.158 e. The lowest BCUT2D eigenvalue weighted by molar-refractivity contribution is 1.05. The molecular formula is C8H4Cl2N2. The van der Waals surface area contributed by atoms with Gasteiger partial charge in [0.25, 0.3) is 0 Å². The molecule has 1 aromatic carbocycles. The van der Waals surface area contributed by atoms with Crippen LogP contribution < -0.4 is 0 Å². The minimum atomic E-state index is 0.539. The van der Waals surface area contributed by atoms with E-state index in [0.717, 1.165) is 10.8 Å². The second-order valence-corrected chi connectivity index (χ2v) is 3.20. The van der Waals surface area contributed by atoms with Gasteiger partial charge in [-0.2, -0.15) is 10.2 Å². The summed E-state index contributed by atoms with van der Waals surface area (Å²) in [6.07, 6.45) is 3.30. The molecule has 1 heterocycles. The average Bonchev–Trinajstić information content (AvgIpc) is 2.07. The molecule has 12 heavy (non-hydrogen) atoms. The maximum Gasteiger partial charge on any atom is 0.0599 e. The summed E-state index contributed by atoms with van der Waals surface area (Å²) in [5.74, 6) is 0. The van der Waals surface area contributed by atoms with E-state index in [1.54, 1.807) is 24.5 Å². The first kappa shape index (κ1) is 7.77. The third-order valence-electron chi connectivity index (χ3n) is 1.59. The molecule has 0 atom stereocenters. The van der Waals surface area contributed by atoms with Crippen LogP contribution in [0, 0.1) is 0 Å². The minimum absolute atomic E-state index is 0.539. The van der Waals surface area contributed by atoms with Gasteiger partial charge in [0.05, 0.1) is 22.4 Å². The number of hydrogen-bond donors (Lipinski definition) is 0.